The fourth-order valence-corrected chi connectivity index (χ4v) is 1.27. The molecule has 0 aliphatic rings. The molecule has 0 saturated carbocycles. The summed E-state index contributed by atoms with van der Waals surface area (Å²) in [7, 11) is 0. The zero-order valence-corrected chi connectivity index (χ0v) is 11.8. The van der Waals surface area contributed by atoms with E-state index in [9.17, 15) is 9.59 Å². The number of hydrogen-bond donors (Lipinski definition) is 0. The van der Waals surface area contributed by atoms with E-state index in [0.29, 0.717) is 6.61 Å². The first-order chi connectivity index (χ1) is 9.70. The van der Waals surface area contributed by atoms with Crippen molar-refractivity contribution in [1.82, 2.24) is 0 Å². The number of carbonyl (C=O) groups excluding carboxylic acids is 2. The van der Waals surface area contributed by atoms with Crippen LogP contribution >= 0.6 is 0 Å². The third-order valence-corrected chi connectivity index (χ3v) is 2.30. The Labute approximate surface area is 119 Å². The number of esters is 1. The van der Waals surface area contributed by atoms with Crippen LogP contribution in [0.3, 0.4) is 0 Å². The van der Waals surface area contributed by atoms with Gasteiger partial charge in [0, 0.05) is 6.08 Å². The number of rotatable bonds is 12. The molecule has 0 spiro atoms. The van der Waals surface area contributed by atoms with Gasteiger partial charge < -0.3 is 4.74 Å². The highest BCUT2D eigenvalue weighted by molar-refractivity contribution is 5.84. The van der Waals surface area contributed by atoms with Gasteiger partial charge in [0.15, 0.2) is 0 Å². The molecule has 0 aliphatic heterocycles. The molecule has 114 valence electrons. The Morgan fingerprint density at radius 3 is 2.45 bits per heavy atom. The van der Waals surface area contributed by atoms with E-state index in [1.54, 1.807) is 0 Å². The third kappa shape index (κ3) is 12.8. The lowest BCUT2D eigenvalue weighted by molar-refractivity contribution is -0.485. The van der Waals surface area contributed by atoms with Gasteiger partial charge in [-0.3, -0.25) is 4.89 Å². The molecule has 0 rings (SSSR count). The molecule has 0 N–H and O–H groups in total. The lowest BCUT2D eigenvalue weighted by Crippen LogP contribution is -2.04. The fraction of sp³-hybridized carbons (Fsp3) is 0.571. The Kier molecular flexibility index (Phi) is 12.6. The summed E-state index contributed by atoms with van der Waals surface area (Å²) in [5.74, 6) is -1.51. The van der Waals surface area contributed by atoms with Gasteiger partial charge >= 0.3 is 11.9 Å². The van der Waals surface area contributed by atoms with Crippen LogP contribution in [0.1, 0.15) is 45.4 Å². The Morgan fingerprint density at radius 2 is 1.75 bits per heavy atom. The molecule has 0 aromatic heterocycles. The summed E-state index contributed by atoms with van der Waals surface area (Å²) in [6.45, 7) is 5.71. The zero-order valence-electron chi connectivity index (χ0n) is 11.8. The van der Waals surface area contributed by atoms with Crippen molar-refractivity contribution in [3.8, 4) is 0 Å². The predicted octanol–water partition coefficient (Wildman–Crippen LogP) is 3.00. The van der Waals surface area contributed by atoms with Gasteiger partial charge in [-0.2, -0.15) is 4.89 Å². The molecular formula is C14H22O6. The van der Waals surface area contributed by atoms with Crippen LogP contribution in [-0.4, -0.2) is 18.5 Å². The highest BCUT2D eigenvalue weighted by Gasteiger charge is 2.00. The normalized spacial score (nSPS) is 10.4. The monoisotopic (exact) mass is 286 g/mol. The maximum absolute atomic E-state index is 11.0. The third-order valence-electron chi connectivity index (χ3n) is 2.30. The van der Waals surface area contributed by atoms with E-state index in [4.69, 9.17) is 0 Å². The predicted molar refractivity (Wildman–Crippen MR) is 71.9 cm³/mol. The highest BCUT2D eigenvalue weighted by Crippen LogP contribution is 2.04. The molecule has 0 aromatic rings. The minimum atomic E-state index is -0.843. The van der Waals surface area contributed by atoms with Crippen molar-refractivity contribution in [2.24, 2.45) is 0 Å². The minimum absolute atomic E-state index is 0.356. The summed E-state index contributed by atoms with van der Waals surface area (Å²) in [4.78, 5) is 30.5. The average Bonchev–Trinajstić information content (AvgIpc) is 2.45. The van der Waals surface area contributed by atoms with Crippen LogP contribution in [0.2, 0.25) is 0 Å². The molecule has 6 nitrogen and oxygen atoms in total. The largest absolute Gasteiger partial charge is 0.431 e. The zero-order chi connectivity index (χ0) is 15.1. The van der Waals surface area contributed by atoms with Gasteiger partial charge in [-0.25, -0.2) is 9.59 Å². The standard InChI is InChI=1S/C14H22O6/c1-3-5-6-7-8-9-11-18-20-19-14(16)10-12-17-13(15)4-2/h4,10,12H,2-3,5-9,11H2,1H3. The summed E-state index contributed by atoms with van der Waals surface area (Å²) < 4.78 is 4.42. The molecule has 0 fully saturated rings. The van der Waals surface area contributed by atoms with E-state index in [0.717, 1.165) is 37.7 Å². The summed E-state index contributed by atoms with van der Waals surface area (Å²) in [5, 5.41) is 4.25. The van der Waals surface area contributed by atoms with E-state index in [-0.39, 0.29) is 0 Å². The Hall–Kier alpha value is -1.66. The first-order valence-electron chi connectivity index (χ1n) is 6.70. The fourth-order valence-electron chi connectivity index (χ4n) is 1.27. The molecule has 0 radical (unpaired) electrons. The van der Waals surface area contributed by atoms with E-state index < -0.39 is 11.9 Å². The SMILES string of the molecule is C=CC(=O)OC=CC(=O)OOOCCCCCCCC. The molecule has 20 heavy (non-hydrogen) atoms. The van der Waals surface area contributed by atoms with E-state index >= 15 is 0 Å². The molecule has 0 bridgehead atoms. The smallest absolute Gasteiger partial charge is 0.372 e. The second-order valence-electron chi connectivity index (χ2n) is 4.00. The van der Waals surface area contributed by atoms with E-state index in [1.165, 1.54) is 19.3 Å². The van der Waals surface area contributed by atoms with Gasteiger partial charge in [0.2, 0.25) is 0 Å². The van der Waals surface area contributed by atoms with Crippen LogP contribution in [0.25, 0.3) is 0 Å². The maximum atomic E-state index is 11.0. The highest BCUT2D eigenvalue weighted by atomic mass is 17.5. The van der Waals surface area contributed by atoms with Crippen LogP contribution < -0.4 is 0 Å². The second kappa shape index (κ2) is 13.8. The van der Waals surface area contributed by atoms with Crippen LogP contribution in [0.4, 0.5) is 0 Å². The molecule has 0 saturated heterocycles. The van der Waals surface area contributed by atoms with Crippen LogP contribution in [0, 0.1) is 0 Å². The van der Waals surface area contributed by atoms with Crippen molar-refractivity contribution in [3.05, 3.63) is 25.0 Å². The van der Waals surface area contributed by atoms with Crippen molar-refractivity contribution < 1.29 is 29.1 Å². The van der Waals surface area contributed by atoms with Crippen molar-refractivity contribution in [2.45, 2.75) is 45.4 Å². The Bertz CT molecular complexity index is 311. The van der Waals surface area contributed by atoms with Crippen LogP contribution in [-0.2, 0) is 29.1 Å². The summed E-state index contributed by atoms with van der Waals surface area (Å²) >= 11 is 0. The lowest BCUT2D eigenvalue weighted by atomic mass is 10.1. The van der Waals surface area contributed by atoms with Crippen LogP contribution in [0.15, 0.2) is 25.0 Å². The molecular weight excluding hydrogens is 264 g/mol. The molecule has 0 heterocycles. The van der Waals surface area contributed by atoms with Gasteiger partial charge in [-0.05, 0) is 11.5 Å². The maximum Gasteiger partial charge on any atom is 0.372 e. The quantitative estimate of drug-likeness (QED) is 0.137. The second-order valence-corrected chi connectivity index (χ2v) is 4.00. The van der Waals surface area contributed by atoms with E-state index in [2.05, 4.69) is 33.1 Å². The minimum Gasteiger partial charge on any atom is -0.431 e. The Morgan fingerprint density at radius 1 is 1.05 bits per heavy atom. The van der Waals surface area contributed by atoms with Crippen molar-refractivity contribution in [2.75, 3.05) is 6.61 Å². The molecule has 0 aliphatic carbocycles. The number of ether oxygens (including phenoxy) is 1. The average molecular weight is 286 g/mol. The van der Waals surface area contributed by atoms with Crippen molar-refractivity contribution in [1.29, 1.82) is 0 Å². The molecule has 0 unspecified atom stereocenters. The van der Waals surface area contributed by atoms with Crippen molar-refractivity contribution >= 4 is 11.9 Å². The molecule has 0 amide bonds. The first kappa shape index (κ1) is 18.3. The lowest BCUT2D eigenvalue weighted by Gasteiger charge is -2.01. The summed E-state index contributed by atoms with van der Waals surface area (Å²) in [6.07, 6.45) is 9.47. The number of unbranched alkanes of at least 4 members (excludes halogenated alkanes) is 5. The molecule has 0 atom stereocenters. The summed E-state index contributed by atoms with van der Waals surface area (Å²) in [5.41, 5.74) is 0. The Balaban J connectivity index is 3.35. The number of carbonyl (C=O) groups is 2. The number of hydrogen-bond acceptors (Lipinski definition) is 6. The molecule has 6 heteroatoms. The summed E-state index contributed by atoms with van der Waals surface area (Å²) in [6, 6.07) is 0. The topological polar surface area (TPSA) is 71.1 Å². The van der Waals surface area contributed by atoms with Crippen LogP contribution in [0.5, 0.6) is 0 Å². The van der Waals surface area contributed by atoms with Gasteiger partial charge in [0.25, 0.3) is 0 Å². The van der Waals surface area contributed by atoms with Gasteiger partial charge in [0.1, 0.15) is 6.26 Å². The van der Waals surface area contributed by atoms with Crippen molar-refractivity contribution in [3.63, 3.8) is 0 Å². The van der Waals surface area contributed by atoms with Gasteiger partial charge in [-0.15, -0.1) is 0 Å². The molecule has 0 aromatic carbocycles. The first-order valence-corrected chi connectivity index (χ1v) is 6.70. The van der Waals surface area contributed by atoms with Gasteiger partial charge in [0.05, 0.1) is 12.7 Å². The van der Waals surface area contributed by atoms with E-state index in [1.807, 2.05) is 0 Å². The van der Waals surface area contributed by atoms with Gasteiger partial charge in [-0.1, -0.05) is 45.6 Å².